The van der Waals surface area contributed by atoms with Crippen LogP contribution >= 0.6 is 0 Å². The fraction of sp³-hybridized carbons (Fsp3) is 0.500. The van der Waals surface area contributed by atoms with Gasteiger partial charge in [0.2, 0.25) is 0 Å². The fourth-order valence-corrected chi connectivity index (χ4v) is 4.95. The molecular weight excluding hydrogens is 385 g/mol. The van der Waals surface area contributed by atoms with E-state index in [0.717, 1.165) is 36.3 Å². The summed E-state index contributed by atoms with van der Waals surface area (Å²) in [6, 6.07) is 13.0. The van der Waals surface area contributed by atoms with E-state index < -0.39 is 5.60 Å². The van der Waals surface area contributed by atoms with Crippen molar-refractivity contribution in [1.82, 2.24) is 4.90 Å². The summed E-state index contributed by atoms with van der Waals surface area (Å²) in [7, 11) is 3.30. The van der Waals surface area contributed by atoms with Crippen molar-refractivity contribution < 1.29 is 23.7 Å². The third kappa shape index (κ3) is 4.31. The Hall–Kier alpha value is -2.15. The number of nitrogens with zero attached hydrogens (tertiary/aromatic N) is 1. The molecule has 2 atom stereocenters. The topological polar surface area (TPSA) is 51.2 Å². The molecule has 2 bridgehead atoms. The van der Waals surface area contributed by atoms with Crippen LogP contribution < -0.4 is 9.47 Å². The number of hydrogen-bond acceptors (Lipinski definition) is 5. The van der Waals surface area contributed by atoms with E-state index in [-0.39, 0.29) is 5.82 Å². The van der Waals surface area contributed by atoms with Gasteiger partial charge in [0.25, 0.3) is 0 Å². The molecule has 30 heavy (non-hydrogen) atoms. The van der Waals surface area contributed by atoms with Crippen molar-refractivity contribution in [2.24, 2.45) is 0 Å². The number of ether oxygens (including phenoxy) is 3. The maximum atomic E-state index is 13.3. The van der Waals surface area contributed by atoms with Gasteiger partial charge < -0.3 is 19.3 Å². The molecule has 2 aromatic carbocycles. The first-order valence-corrected chi connectivity index (χ1v) is 10.6. The molecule has 1 N–H and O–H groups in total. The summed E-state index contributed by atoms with van der Waals surface area (Å²) in [6.45, 7) is 1.81. The van der Waals surface area contributed by atoms with Crippen LogP contribution in [0.1, 0.15) is 36.8 Å². The normalized spacial score (nSPS) is 26.0. The lowest BCUT2D eigenvalue weighted by Crippen LogP contribution is -2.49. The van der Waals surface area contributed by atoms with Gasteiger partial charge in [0, 0.05) is 25.7 Å². The Morgan fingerprint density at radius 3 is 2.33 bits per heavy atom. The van der Waals surface area contributed by atoms with Crippen LogP contribution in [0.15, 0.2) is 42.5 Å². The predicted molar refractivity (Wildman–Crippen MR) is 112 cm³/mol. The van der Waals surface area contributed by atoms with Crippen molar-refractivity contribution in [1.29, 1.82) is 0 Å². The zero-order valence-corrected chi connectivity index (χ0v) is 17.6. The second-order valence-electron chi connectivity index (χ2n) is 8.33. The summed E-state index contributed by atoms with van der Waals surface area (Å²) in [6.07, 6.45) is 3.49. The maximum Gasteiger partial charge on any atom is 0.161 e. The van der Waals surface area contributed by atoms with Crippen LogP contribution in [0.5, 0.6) is 11.5 Å². The molecule has 2 fully saturated rings. The van der Waals surface area contributed by atoms with Crippen LogP contribution in [0.2, 0.25) is 0 Å². The lowest BCUT2D eigenvalue weighted by molar-refractivity contribution is -0.0595. The zero-order chi connectivity index (χ0) is 21.1. The lowest BCUT2D eigenvalue weighted by atomic mass is 9.80. The summed E-state index contributed by atoms with van der Waals surface area (Å²) >= 11 is 0. The highest BCUT2D eigenvalue weighted by molar-refractivity contribution is 5.43. The Labute approximate surface area is 177 Å². The summed E-state index contributed by atoms with van der Waals surface area (Å²) in [5.74, 6) is 1.16. The van der Waals surface area contributed by atoms with Crippen molar-refractivity contribution >= 4 is 0 Å². The largest absolute Gasteiger partial charge is 0.493 e. The third-order valence-corrected chi connectivity index (χ3v) is 6.44. The van der Waals surface area contributed by atoms with Gasteiger partial charge in [-0.2, -0.15) is 0 Å². The predicted octanol–water partition coefficient (Wildman–Crippen LogP) is 3.87. The molecule has 4 rings (SSSR count). The number of rotatable bonds is 8. The van der Waals surface area contributed by atoms with Crippen molar-refractivity contribution in [2.75, 3.05) is 27.4 Å². The van der Waals surface area contributed by atoms with Gasteiger partial charge in [-0.25, -0.2) is 4.39 Å². The molecule has 2 aliphatic rings. The van der Waals surface area contributed by atoms with Crippen LogP contribution in [-0.2, 0) is 16.9 Å². The van der Waals surface area contributed by atoms with E-state index in [1.165, 1.54) is 12.1 Å². The van der Waals surface area contributed by atoms with E-state index in [2.05, 4.69) is 11.0 Å². The molecule has 0 saturated carbocycles. The van der Waals surface area contributed by atoms with E-state index in [4.69, 9.17) is 14.2 Å². The molecule has 6 heteroatoms. The van der Waals surface area contributed by atoms with E-state index in [1.54, 1.807) is 26.4 Å². The Morgan fingerprint density at radius 2 is 1.70 bits per heavy atom. The van der Waals surface area contributed by atoms with E-state index >= 15 is 0 Å². The van der Waals surface area contributed by atoms with Gasteiger partial charge in [-0.05, 0) is 61.1 Å². The smallest absolute Gasteiger partial charge is 0.161 e. The van der Waals surface area contributed by atoms with Crippen LogP contribution in [-0.4, -0.2) is 49.5 Å². The number of aliphatic hydroxyl groups is 1. The molecule has 0 aromatic heterocycles. The quantitative estimate of drug-likeness (QED) is 0.664. The monoisotopic (exact) mass is 415 g/mol. The molecule has 0 unspecified atom stereocenters. The molecule has 162 valence electrons. The lowest BCUT2D eigenvalue weighted by Gasteiger charge is -2.44. The fourth-order valence-electron chi connectivity index (χ4n) is 4.95. The molecule has 0 amide bonds. The van der Waals surface area contributed by atoms with Crippen molar-refractivity contribution in [3.63, 3.8) is 0 Å². The highest BCUT2D eigenvalue weighted by Crippen LogP contribution is 2.46. The number of hydrogen-bond donors (Lipinski definition) is 1. The average Bonchev–Trinajstić information content (AvgIpc) is 2.99. The molecule has 0 spiro atoms. The number of methoxy groups -OCH3 is 2. The average molecular weight is 416 g/mol. The second kappa shape index (κ2) is 8.92. The van der Waals surface area contributed by atoms with E-state index in [1.807, 2.05) is 12.1 Å². The van der Waals surface area contributed by atoms with E-state index in [0.29, 0.717) is 43.9 Å². The van der Waals surface area contributed by atoms with Gasteiger partial charge in [0.05, 0.1) is 19.3 Å². The third-order valence-electron chi connectivity index (χ3n) is 6.44. The van der Waals surface area contributed by atoms with Crippen molar-refractivity contribution in [3.8, 4) is 11.5 Å². The number of fused-ring (bicyclic) bond motifs is 2. The summed E-state index contributed by atoms with van der Waals surface area (Å²) in [5.41, 5.74) is 1.10. The minimum atomic E-state index is -0.882. The maximum absolute atomic E-state index is 13.3. The number of piperidine rings is 1. The Bertz CT molecular complexity index is 843. The molecule has 2 heterocycles. The van der Waals surface area contributed by atoms with Crippen molar-refractivity contribution in [2.45, 2.75) is 49.9 Å². The number of halogens is 1. The standard InChI is InChI=1S/C24H30FNO4/c1-28-11-12-30-22-10-3-17(13-23(22)29-2)16-26-20-8-9-21(26)15-24(27,14-20)18-4-6-19(25)7-5-18/h3-7,10,13,20-21,27H,8-9,11-12,14-16H2,1-2H3/t20-,21-/m0/s1. The molecule has 5 nitrogen and oxygen atoms in total. The Balaban J connectivity index is 1.46. The molecular formula is C24H30FNO4. The van der Waals surface area contributed by atoms with Gasteiger partial charge in [0.1, 0.15) is 12.4 Å². The second-order valence-corrected chi connectivity index (χ2v) is 8.33. The molecule has 2 aliphatic heterocycles. The Kier molecular flexibility index (Phi) is 6.27. The highest BCUT2D eigenvalue weighted by atomic mass is 19.1. The van der Waals surface area contributed by atoms with Crippen LogP contribution in [0.25, 0.3) is 0 Å². The highest BCUT2D eigenvalue weighted by Gasteiger charge is 2.48. The summed E-state index contributed by atoms with van der Waals surface area (Å²) < 4.78 is 29.6. The first kappa shape index (κ1) is 21.1. The molecule has 0 aliphatic carbocycles. The van der Waals surface area contributed by atoms with Crippen molar-refractivity contribution in [3.05, 3.63) is 59.4 Å². The zero-order valence-electron chi connectivity index (χ0n) is 17.6. The molecule has 2 saturated heterocycles. The van der Waals surface area contributed by atoms with Gasteiger partial charge in [-0.1, -0.05) is 18.2 Å². The minimum Gasteiger partial charge on any atom is -0.493 e. The number of benzene rings is 2. The summed E-state index contributed by atoms with van der Waals surface area (Å²) in [4.78, 5) is 2.50. The first-order chi connectivity index (χ1) is 14.5. The van der Waals surface area contributed by atoms with E-state index in [9.17, 15) is 9.50 Å². The minimum absolute atomic E-state index is 0.272. The van der Waals surface area contributed by atoms with Crippen LogP contribution in [0.3, 0.4) is 0 Å². The van der Waals surface area contributed by atoms with Crippen LogP contribution in [0.4, 0.5) is 4.39 Å². The molecule has 0 radical (unpaired) electrons. The van der Waals surface area contributed by atoms with Gasteiger partial charge in [0.15, 0.2) is 11.5 Å². The van der Waals surface area contributed by atoms with Crippen LogP contribution in [0, 0.1) is 5.82 Å². The van der Waals surface area contributed by atoms with Gasteiger partial charge in [-0.3, -0.25) is 4.90 Å². The SMILES string of the molecule is COCCOc1ccc(CN2[C@H]3CC[C@H]2CC(O)(c2ccc(F)cc2)C3)cc1OC. The Morgan fingerprint density at radius 1 is 1.00 bits per heavy atom. The van der Waals surface area contributed by atoms with Gasteiger partial charge >= 0.3 is 0 Å². The molecule has 2 aromatic rings. The summed E-state index contributed by atoms with van der Waals surface area (Å²) in [5, 5.41) is 11.3. The van der Waals surface area contributed by atoms with Gasteiger partial charge in [-0.15, -0.1) is 0 Å². The first-order valence-electron chi connectivity index (χ1n) is 10.6.